The number of amides is 1. The largest absolute Gasteiger partial charge is 0.497 e. The van der Waals surface area contributed by atoms with Gasteiger partial charge in [0.15, 0.2) is 0 Å². The van der Waals surface area contributed by atoms with Crippen molar-refractivity contribution >= 4 is 28.5 Å². The molecule has 28 heavy (non-hydrogen) atoms. The van der Waals surface area contributed by atoms with Gasteiger partial charge in [0.1, 0.15) is 11.3 Å². The van der Waals surface area contributed by atoms with Gasteiger partial charge in [0.25, 0.3) is 0 Å². The third-order valence-corrected chi connectivity index (χ3v) is 5.10. The third kappa shape index (κ3) is 4.37. The van der Waals surface area contributed by atoms with Gasteiger partial charge in [-0.2, -0.15) is 0 Å². The van der Waals surface area contributed by atoms with Gasteiger partial charge in [0.05, 0.1) is 13.2 Å². The van der Waals surface area contributed by atoms with E-state index < -0.39 is 5.63 Å². The lowest BCUT2D eigenvalue weighted by atomic mass is 10.0. The fraction of sp³-hybridized carbons (Fsp3) is 0.273. The summed E-state index contributed by atoms with van der Waals surface area (Å²) in [5, 5.41) is 4.44. The normalized spacial score (nSPS) is 12.0. The molecule has 2 aromatic carbocycles. The van der Waals surface area contributed by atoms with Crippen molar-refractivity contribution in [1.29, 1.82) is 0 Å². The van der Waals surface area contributed by atoms with E-state index in [9.17, 15) is 9.59 Å². The van der Waals surface area contributed by atoms with E-state index in [1.807, 2.05) is 38.1 Å². The van der Waals surface area contributed by atoms with Crippen LogP contribution in [0, 0.1) is 6.92 Å². The molecule has 5 nitrogen and oxygen atoms in total. The van der Waals surface area contributed by atoms with Crippen molar-refractivity contribution in [2.24, 2.45) is 0 Å². The highest BCUT2D eigenvalue weighted by molar-refractivity contribution is 6.30. The minimum atomic E-state index is -0.420. The van der Waals surface area contributed by atoms with Gasteiger partial charge in [-0.05, 0) is 55.7 Å². The SMILES string of the molecule is COc1ccc2c(C)c(CCC(=O)NC(C)c3ccc(Cl)cc3)c(=O)oc2c1. The lowest BCUT2D eigenvalue weighted by Gasteiger charge is -2.15. The minimum Gasteiger partial charge on any atom is -0.497 e. The van der Waals surface area contributed by atoms with Gasteiger partial charge in [0.2, 0.25) is 5.91 Å². The van der Waals surface area contributed by atoms with E-state index in [0.717, 1.165) is 16.5 Å². The highest BCUT2D eigenvalue weighted by Gasteiger charge is 2.15. The number of carbonyl (C=O) groups is 1. The number of methoxy groups -OCH3 is 1. The average molecular weight is 400 g/mol. The van der Waals surface area contributed by atoms with E-state index in [2.05, 4.69) is 5.32 Å². The van der Waals surface area contributed by atoms with Crippen LogP contribution in [0.3, 0.4) is 0 Å². The molecule has 0 aliphatic rings. The molecule has 1 amide bonds. The van der Waals surface area contributed by atoms with Crippen molar-refractivity contribution in [3.05, 3.63) is 74.6 Å². The second kappa shape index (κ2) is 8.48. The summed E-state index contributed by atoms with van der Waals surface area (Å²) >= 11 is 5.89. The number of rotatable bonds is 6. The molecule has 0 fully saturated rings. The van der Waals surface area contributed by atoms with E-state index in [1.165, 1.54) is 0 Å². The Hall–Kier alpha value is -2.79. The molecule has 1 aromatic heterocycles. The van der Waals surface area contributed by atoms with Gasteiger partial charge >= 0.3 is 5.63 Å². The Morgan fingerprint density at radius 1 is 1.21 bits per heavy atom. The molecule has 146 valence electrons. The second-order valence-corrected chi connectivity index (χ2v) is 7.13. The number of benzene rings is 2. The molecule has 0 aliphatic heterocycles. The smallest absolute Gasteiger partial charge is 0.339 e. The van der Waals surface area contributed by atoms with Gasteiger partial charge < -0.3 is 14.5 Å². The number of fused-ring (bicyclic) bond motifs is 1. The monoisotopic (exact) mass is 399 g/mol. The molecule has 0 spiro atoms. The van der Waals surface area contributed by atoms with Crippen molar-refractivity contribution in [2.75, 3.05) is 7.11 Å². The predicted octanol–water partition coefficient (Wildman–Crippen LogP) is 4.57. The first-order valence-electron chi connectivity index (χ1n) is 9.04. The topological polar surface area (TPSA) is 68.5 Å². The molecule has 0 radical (unpaired) electrons. The maximum atomic E-state index is 12.4. The third-order valence-electron chi connectivity index (χ3n) is 4.84. The number of halogens is 1. The van der Waals surface area contributed by atoms with Crippen LogP contribution in [0.5, 0.6) is 5.75 Å². The number of nitrogens with one attached hydrogen (secondary N) is 1. The zero-order valence-electron chi connectivity index (χ0n) is 16.0. The van der Waals surface area contributed by atoms with Crippen LogP contribution in [0.4, 0.5) is 0 Å². The van der Waals surface area contributed by atoms with Crippen molar-refractivity contribution < 1.29 is 13.9 Å². The molecule has 1 unspecified atom stereocenters. The van der Waals surface area contributed by atoms with E-state index >= 15 is 0 Å². The van der Waals surface area contributed by atoms with Crippen LogP contribution >= 0.6 is 11.6 Å². The lowest BCUT2D eigenvalue weighted by Crippen LogP contribution is -2.27. The van der Waals surface area contributed by atoms with Crippen LogP contribution in [0.25, 0.3) is 11.0 Å². The number of carbonyl (C=O) groups excluding carboxylic acids is 1. The molecule has 3 aromatic rings. The van der Waals surface area contributed by atoms with Crippen molar-refractivity contribution in [3.8, 4) is 5.75 Å². The minimum absolute atomic E-state index is 0.129. The molecular weight excluding hydrogens is 378 g/mol. The molecule has 0 saturated carbocycles. The Morgan fingerprint density at radius 3 is 2.61 bits per heavy atom. The standard InChI is InChI=1S/C22H22ClNO4/c1-13-18-9-8-17(27-3)12-20(18)28-22(26)19(13)10-11-21(25)24-14(2)15-4-6-16(23)7-5-15/h4-9,12,14H,10-11H2,1-3H3,(H,24,25). The summed E-state index contributed by atoms with van der Waals surface area (Å²) in [4.78, 5) is 24.7. The molecule has 1 N–H and O–H groups in total. The van der Waals surface area contributed by atoms with Gasteiger partial charge in [-0.3, -0.25) is 4.79 Å². The Kier molecular flexibility index (Phi) is 6.05. The molecule has 0 bridgehead atoms. The molecular formula is C22H22ClNO4. The molecule has 6 heteroatoms. The van der Waals surface area contributed by atoms with Gasteiger partial charge in [-0.25, -0.2) is 4.79 Å². The number of hydrogen-bond acceptors (Lipinski definition) is 4. The number of ether oxygens (including phenoxy) is 1. The average Bonchev–Trinajstić information content (AvgIpc) is 2.67. The summed E-state index contributed by atoms with van der Waals surface area (Å²) < 4.78 is 10.6. The van der Waals surface area contributed by atoms with Crippen molar-refractivity contribution in [2.45, 2.75) is 32.7 Å². The summed E-state index contributed by atoms with van der Waals surface area (Å²) in [5.74, 6) is 0.495. The van der Waals surface area contributed by atoms with Crippen LogP contribution in [-0.2, 0) is 11.2 Å². The molecule has 0 saturated heterocycles. The Bertz CT molecular complexity index is 1060. The fourth-order valence-electron chi connectivity index (χ4n) is 3.18. The van der Waals surface area contributed by atoms with Crippen LogP contribution in [0.2, 0.25) is 5.02 Å². The zero-order valence-corrected chi connectivity index (χ0v) is 16.8. The Labute approximate surface area is 168 Å². The highest BCUT2D eigenvalue weighted by Crippen LogP contribution is 2.24. The highest BCUT2D eigenvalue weighted by atomic mass is 35.5. The van der Waals surface area contributed by atoms with Gasteiger partial charge in [0, 0.05) is 28.5 Å². The van der Waals surface area contributed by atoms with Crippen LogP contribution < -0.4 is 15.7 Å². The lowest BCUT2D eigenvalue weighted by molar-refractivity contribution is -0.121. The van der Waals surface area contributed by atoms with Crippen molar-refractivity contribution in [3.63, 3.8) is 0 Å². The van der Waals surface area contributed by atoms with E-state index in [4.69, 9.17) is 20.8 Å². The van der Waals surface area contributed by atoms with E-state index in [-0.39, 0.29) is 18.4 Å². The maximum absolute atomic E-state index is 12.4. The number of aryl methyl sites for hydroxylation is 1. The molecule has 3 rings (SSSR count). The quantitative estimate of drug-likeness (QED) is 0.616. The van der Waals surface area contributed by atoms with Gasteiger partial charge in [-0.15, -0.1) is 0 Å². The predicted molar refractivity (Wildman–Crippen MR) is 110 cm³/mol. The maximum Gasteiger partial charge on any atom is 0.339 e. The molecule has 1 heterocycles. The fourth-order valence-corrected chi connectivity index (χ4v) is 3.30. The Morgan fingerprint density at radius 2 is 1.93 bits per heavy atom. The molecule has 1 atom stereocenters. The first-order chi connectivity index (χ1) is 13.4. The summed E-state index contributed by atoms with van der Waals surface area (Å²) in [6.07, 6.45) is 0.514. The number of hydrogen-bond donors (Lipinski definition) is 1. The zero-order chi connectivity index (χ0) is 20.3. The summed E-state index contributed by atoms with van der Waals surface area (Å²) in [6.45, 7) is 3.78. The van der Waals surface area contributed by atoms with Crippen LogP contribution in [0.15, 0.2) is 51.7 Å². The first-order valence-corrected chi connectivity index (χ1v) is 9.42. The second-order valence-electron chi connectivity index (χ2n) is 6.70. The Balaban J connectivity index is 1.71. The van der Waals surface area contributed by atoms with E-state index in [1.54, 1.807) is 25.3 Å². The van der Waals surface area contributed by atoms with E-state index in [0.29, 0.717) is 28.3 Å². The van der Waals surface area contributed by atoms with Gasteiger partial charge in [-0.1, -0.05) is 23.7 Å². The van der Waals surface area contributed by atoms with Crippen LogP contribution in [0.1, 0.15) is 36.1 Å². The summed E-state index contributed by atoms with van der Waals surface area (Å²) in [7, 11) is 1.56. The summed E-state index contributed by atoms with van der Waals surface area (Å²) in [5.41, 5.74) is 2.37. The summed E-state index contributed by atoms with van der Waals surface area (Å²) in [6, 6.07) is 12.6. The van der Waals surface area contributed by atoms with Crippen LogP contribution in [-0.4, -0.2) is 13.0 Å². The molecule has 0 aliphatic carbocycles. The van der Waals surface area contributed by atoms with Crippen molar-refractivity contribution in [1.82, 2.24) is 5.32 Å². The first kappa shape index (κ1) is 20.0.